The third-order valence-electron chi connectivity index (χ3n) is 6.03. The number of likely N-dealkylation sites (N-methyl/N-ethyl adjacent to an activating group) is 1. The van der Waals surface area contributed by atoms with Crippen LogP contribution in [0.3, 0.4) is 0 Å². The third-order valence-corrected chi connectivity index (χ3v) is 8.05. The van der Waals surface area contributed by atoms with Crippen LogP contribution >= 0.6 is 0 Å². The smallest absolute Gasteiger partial charge is 0.247 e. The molecule has 0 fully saturated rings. The first-order valence-electron chi connectivity index (χ1n) is 11.8. The van der Waals surface area contributed by atoms with Gasteiger partial charge in [-0.25, -0.2) is 8.42 Å². The molecule has 2 heterocycles. The summed E-state index contributed by atoms with van der Waals surface area (Å²) < 4.78 is 34.6. The van der Waals surface area contributed by atoms with E-state index < -0.39 is 28.3 Å². The Morgan fingerprint density at radius 3 is 2.69 bits per heavy atom. The fraction of sp³-hybridized carbons (Fsp3) is 0.462. The van der Waals surface area contributed by atoms with Crippen LogP contribution in [0, 0.1) is 17.8 Å². The number of hydrogen-bond acceptors (Lipinski definition) is 7. The van der Waals surface area contributed by atoms with E-state index in [-0.39, 0.29) is 48.6 Å². The molecule has 0 saturated carbocycles. The van der Waals surface area contributed by atoms with Gasteiger partial charge in [0.25, 0.3) is 0 Å². The average molecular weight is 516 g/mol. The number of benzene rings is 1. The van der Waals surface area contributed by atoms with E-state index in [4.69, 9.17) is 4.74 Å². The zero-order chi connectivity index (χ0) is 26.5. The summed E-state index contributed by atoms with van der Waals surface area (Å²) >= 11 is 0. The van der Waals surface area contributed by atoms with Crippen molar-refractivity contribution >= 4 is 15.9 Å². The van der Waals surface area contributed by atoms with Crippen LogP contribution in [0.2, 0.25) is 0 Å². The highest BCUT2D eigenvalue weighted by molar-refractivity contribution is 7.89. The Bertz CT molecular complexity index is 1220. The Kier molecular flexibility index (Phi) is 9.08. The van der Waals surface area contributed by atoms with Crippen molar-refractivity contribution in [2.24, 2.45) is 5.92 Å². The highest BCUT2D eigenvalue weighted by Gasteiger charge is 2.38. The second kappa shape index (κ2) is 11.8. The second-order valence-electron chi connectivity index (χ2n) is 9.12. The Hall–Kier alpha value is -2.97. The lowest BCUT2D eigenvalue weighted by molar-refractivity contribution is -0.130. The molecule has 1 amide bonds. The van der Waals surface area contributed by atoms with Gasteiger partial charge in [0.15, 0.2) is 0 Å². The number of amides is 1. The lowest BCUT2D eigenvalue weighted by Crippen LogP contribution is -2.50. The van der Waals surface area contributed by atoms with Crippen LogP contribution in [0.4, 0.5) is 0 Å². The fourth-order valence-electron chi connectivity index (χ4n) is 3.87. The van der Waals surface area contributed by atoms with Gasteiger partial charge < -0.3 is 19.8 Å². The molecule has 2 aromatic rings. The molecule has 1 aromatic heterocycles. The predicted molar refractivity (Wildman–Crippen MR) is 135 cm³/mol. The van der Waals surface area contributed by atoms with Crippen molar-refractivity contribution in [3.05, 3.63) is 53.9 Å². The molecule has 0 bridgehead atoms. The maximum absolute atomic E-state index is 13.5. The van der Waals surface area contributed by atoms with E-state index in [0.29, 0.717) is 11.3 Å². The van der Waals surface area contributed by atoms with Gasteiger partial charge in [0.05, 0.1) is 19.6 Å². The quantitative estimate of drug-likeness (QED) is 0.556. The number of aliphatic hydroxyl groups excluding tert-OH is 2. The van der Waals surface area contributed by atoms with Gasteiger partial charge in [-0.1, -0.05) is 24.8 Å². The van der Waals surface area contributed by atoms with E-state index >= 15 is 0 Å². The van der Waals surface area contributed by atoms with Gasteiger partial charge in [-0.05, 0) is 44.2 Å². The molecule has 1 aliphatic heterocycles. The largest absolute Gasteiger partial charge is 0.487 e. The number of carbonyl (C=O) groups is 1. The van der Waals surface area contributed by atoms with Crippen molar-refractivity contribution in [3.63, 3.8) is 0 Å². The summed E-state index contributed by atoms with van der Waals surface area (Å²) in [4.78, 5) is 18.6. The molecule has 36 heavy (non-hydrogen) atoms. The standard InChI is InChI=1S/C26H33N3O6S/c1-18-15-29(19(2)17-30)36(33,34)25-11-10-21(9-8-20(3)31)13-23(25)35-24(18)16-28(4)26(32)14-22-7-5-6-12-27-22/h5-7,10-13,18-20,24,30-31H,14-17H2,1-4H3/t18-,19-,20+,24-/m1/s1. The summed E-state index contributed by atoms with van der Waals surface area (Å²) in [7, 11) is -2.30. The molecular formula is C26H33N3O6S. The lowest BCUT2D eigenvalue weighted by atomic mass is 10.0. The Morgan fingerprint density at radius 2 is 2.06 bits per heavy atom. The van der Waals surface area contributed by atoms with E-state index in [1.54, 1.807) is 43.3 Å². The maximum Gasteiger partial charge on any atom is 0.247 e. The van der Waals surface area contributed by atoms with Gasteiger partial charge in [0.1, 0.15) is 22.9 Å². The number of rotatable bonds is 6. The maximum atomic E-state index is 13.5. The minimum Gasteiger partial charge on any atom is -0.487 e. The van der Waals surface area contributed by atoms with Crippen molar-refractivity contribution in [2.75, 3.05) is 26.7 Å². The van der Waals surface area contributed by atoms with Crippen LogP contribution in [-0.4, -0.2) is 83.7 Å². The molecule has 4 atom stereocenters. The first-order chi connectivity index (χ1) is 17.0. The molecule has 194 valence electrons. The molecule has 0 unspecified atom stereocenters. The topological polar surface area (TPSA) is 120 Å². The minimum atomic E-state index is -3.98. The number of ether oxygens (including phenoxy) is 1. The van der Waals surface area contributed by atoms with Crippen molar-refractivity contribution in [3.8, 4) is 17.6 Å². The van der Waals surface area contributed by atoms with Gasteiger partial charge in [0.2, 0.25) is 15.9 Å². The summed E-state index contributed by atoms with van der Waals surface area (Å²) in [5.41, 5.74) is 1.14. The highest BCUT2D eigenvalue weighted by Crippen LogP contribution is 2.34. The summed E-state index contributed by atoms with van der Waals surface area (Å²) in [5, 5.41) is 19.3. The molecular weight excluding hydrogens is 482 g/mol. The number of pyridine rings is 1. The molecule has 10 heteroatoms. The number of fused-ring (bicyclic) bond motifs is 1. The molecule has 0 saturated heterocycles. The normalized spacial score (nSPS) is 20.9. The van der Waals surface area contributed by atoms with Crippen molar-refractivity contribution in [2.45, 2.75) is 50.3 Å². The SMILES string of the molecule is C[C@H](O)C#Cc1ccc2c(c1)O[C@H](CN(C)C(=O)Cc1ccccn1)[C@H](C)CN([C@H](C)CO)S2(=O)=O. The summed E-state index contributed by atoms with van der Waals surface area (Å²) in [6.45, 7) is 5.03. The molecule has 3 rings (SSSR count). The Labute approximate surface area is 212 Å². The van der Waals surface area contributed by atoms with E-state index in [0.717, 1.165) is 0 Å². The molecule has 9 nitrogen and oxygen atoms in total. The van der Waals surface area contributed by atoms with E-state index in [9.17, 15) is 23.4 Å². The van der Waals surface area contributed by atoms with Crippen LogP contribution in [0.5, 0.6) is 5.75 Å². The zero-order valence-corrected chi connectivity index (χ0v) is 21.8. The number of aromatic nitrogens is 1. The molecule has 0 spiro atoms. The van der Waals surface area contributed by atoms with Crippen LogP contribution in [0.25, 0.3) is 0 Å². The number of carbonyl (C=O) groups excluding carboxylic acids is 1. The second-order valence-corrected chi connectivity index (χ2v) is 11.0. The number of hydrogen-bond donors (Lipinski definition) is 2. The summed E-state index contributed by atoms with van der Waals surface area (Å²) in [6.07, 6.45) is 0.389. The predicted octanol–water partition coefficient (Wildman–Crippen LogP) is 1.28. The van der Waals surface area contributed by atoms with Crippen LogP contribution in [-0.2, 0) is 21.2 Å². The average Bonchev–Trinajstić information content (AvgIpc) is 2.84. The minimum absolute atomic E-state index is 0.0373. The number of sulfonamides is 1. The van der Waals surface area contributed by atoms with Gasteiger partial charge in [0, 0.05) is 43.0 Å². The fourth-order valence-corrected chi connectivity index (χ4v) is 5.70. The number of aliphatic hydroxyl groups is 2. The lowest BCUT2D eigenvalue weighted by Gasteiger charge is -2.37. The van der Waals surface area contributed by atoms with Crippen LogP contribution < -0.4 is 4.74 Å². The van der Waals surface area contributed by atoms with E-state index in [1.165, 1.54) is 23.4 Å². The molecule has 0 radical (unpaired) electrons. The van der Waals surface area contributed by atoms with Gasteiger partial charge in [-0.2, -0.15) is 4.31 Å². The van der Waals surface area contributed by atoms with Crippen molar-refractivity contribution < 1.29 is 28.2 Å². The van der Waals surface area contributed by atoms with Crippen LogP contribution in [0.15, 0.2) is 47.5 Å². The summed E-state index contributed by atoms with van der Waals surface area (Å²) in [5.74, 6) is 5.12. The zero-order valence-electron chi connectivity index (χ0n) is 21.0. The molecule has 1 aromatic carbocycles. The van der Waals surface area contributed by atoms with Crippen LogP contribution in [0.1, 0.15) is 32.0 Å². The summed E-state index contributed by atoms with van der Waals surface area (Å²) in [6, 6.07) is 9.25. The molecule has 2 N–H and O–H groups in total. The Balaban J connectivity index is 1.96. The molecule has 1 aliphatic rings. The first-order valence-corrected chi connectivity index (χ1v) is 13.2. The monoisotopic (exact) mass is 515 g/mol. The van der Waals surface area contributed by atoms with Gasteiger partial charge >= 0.3 is 0 Å². The van der Waals surface area contributed by atoms with Crippen molar-refractivity contribution in [1.82, 2.24) is 14.2 Å². The van der Waals surface area contributed by atoms with Gasteiger partial charge in [-0.15, -0.1) is 0 Å². The highest BCUT2D eigenvalue weighted by atomic mass is 32.2. The van der Waals surface area contributed by atoms with E-state index in [2.05, 4.69) is 16.8 Å². The molecule has 0 aliphatic carbocycles. The first kappa shape index (κ1) is 27.6. The van der Waals surface area contributed by atoms with Crippen molar-refractivity contribution in [1.29, 1.82) is 0 Å². The Morgan fingerprint density at radius 1 is 1.31 bits per heavy atom. The third kappa shape index (κ3) is 6.62. The van der Waals surface area contributed by atoms with E-state index in [1.807, 2.05) is 13.0 Å². The van der Waals surface area contributed by atoms with Gasteiger partial charge in [-0.3, -0.25) is 9.78 Å². The number of nitrogens with zero attached hydrogens (tertiary/aromatic N) is 3.